The summed E-state index contributed by atoms with van der Waals surface area (Å²) < 4.78 is 0.957. The molecule has 0 aliphatic heterocycles. The first kappa shape index (κ1) is 14.9. The van der Waals surface area contributed by atoms with E-state index >= 15 is 0 Å². The van der Waals surface area contributed by atoms with E-state index in [0.717, 1.165) is 10.0 Å². The highest BCUT2D eigenvalue weighted by Gasteiger charge is 2.06. The van der Waals surface area contributed by atoms with E-state index in [1.165, 1.54) is 24.3 Å². The number of carboxylic acid groups (broad SMARTS) is 1. The van der Waals surface area contributed by atoms with Gasteiger partial charge >= 0.3 is 5.97 Å². The molecular formula is C15H11BrN2O3. The van der Waals surface area contributed by atoms with Gasteiger partial charge in [0.15, 0.2) is 5.69 Å². The van der Waals surface area contributed by atoms with Crippen LogP contribution in [0.15, 0.2) is 53.0 Å². The number of nitrogens with one attached hydrogen (secondary N) is 1. The van der Waals surface area contributed by atoms with E-state index in [1.54, 1.807) is 6.08 Å². The first-order valence-corrected chi connectivity index (χ1v) is 6.79. The molecule has 6 heteroatoms. The Hall–Kier alpha value is -2.47. The molecule has 0 saturated heterocycles. The summed E-state index contributed by atoms with van der Waals surface area (Å²) in [7, 11) is 0. The van der Waals surface area contributed by atoms with Gasteiger partial charge in [-0.05, 0) is 35.9 Å². The molecule has 0 spiro atoms. The van der Waals surface area contributed by atoms with Crippen molar-refractivity contribution in [2.24, 2.45) is 0 Å². The number of aromatic carboxylic acids is 1. The third-order valence-corrected chi connectivity index (χ3v) is 3.05. The summed E-state index contributed by atoms with van der Waals surface area (Å²) in [6.45, 7) is 0. The lowest BCUT2D eigenvalue weighted by molar-refractivity contribution is -0.111. The maximum absolute atomic E-state index is 11.7. The Kier molecular flexibility index (Phi) is 4.84. The van der Waals surface area contributed by atoms with Crippen molar-refractivity contribution in [3.05, 3.63) is 64.3 Å². The molecule has 0 saturated carbocycles. The van der Waals surface area contributed by atoms with Gasteiger partial charge in [0.2, 0.25) is 5.91 Å². The van der Waals surface area contributed by atoms with Gasteiger partial charge in [0.05, 0.1) is 0 Å². The average molecular weight is 347 g/mol. The minimum atomic E-state index is -1.14. The van der Waals surface area contributed by atoms with Crippen molar-refractivity contribution in [2.75, 3.05) is 5.32 Å². The predicted molar refractivity (Wildman–Crippen MR) is 83.0 cm³/mol. The van der Waals surface area contributed by atoms with Gasteiger partial charge in [-0.15, -0.1) is 0 Å². The molecule has 21 heavy (non-hydrogen) atoms. The Balaban J connectivity index is 2.03. The summed E-state index contributed by atoms with van der Waals surface area (Å²) in [6, 6.07) is 11.9. The van der Waals surface area contributed by atoms with Crippen molar-refractivity contribution in [1.29, 1.82) is 0 Å². The summed E-state index contributed by atoms with van der Waals surface area (Å²) in [5, 5.41) is 11.3. The standard InChI is InChI=1S/C15H11BrN2O3/c16-11-7-4-10(5-8-11)6-9-14(19)18-13-3-1-2-12(17-13)15(20)21/h1-9H,(H,20,21)(H,17,18,19). The van der Waals surface area contributed by atoms with Crippen molar-refractivity contribution in [2.45, 2.75) is 0 Å². The maximum atomic E-state index is 11.7. The monoisotopic (exact) mass is 346 g/mol. The Morgan fingerprint density at radius 2 is 1.86 bits per heavy atom. The highest BCUT2D eigenvalue weighted by molar-refractivity contribution is 9.10. The third-order valence-electron chi connectivity index (χ3n) is 2.52. The zero-order valence-electron chi connectivity index (χ0n) is 10.8. The van der Waals surface area contributed by atoms with Crippen LogP contribution in [-0.2, 0) is 4.79 Å². The zero-order chi connectivity index (χ0) is 15.2. The lowest BCUT2D eigenvalue weighted by atomic mass is 10.2. The molecule has 0 aliphatic rings. The topological polar surface area (TPSA) is 79.3 Å². The number of aromatic nitrogens is 1. The second kappa shape index (κ2) is 6.81. The summed E-state index contributed by atoms with van der Waals surface area (Å²) in [6.07, 6.45) is 3.02. The van der Waals surface area contributed by atoms with Gasteiger partial charge < -0.3 is 10.4 Å². The van der Waals surface area contributed by atoms with Crippen LogP contribution < -0.4 is 5.32 Å². The van der Waals surface area contributed by atoms with Crippen LogP contribution in [0.2, 0.25) is 0 Å². The predicted octanol–water partition coefficient (Wildman–Crippen LogP) is 3.19. The van der Waals surface area contributed by atoms with Crippen molar-refractivity contribution >= 4 is 39.7 Å². The minimum Gasteiger partial charge on any atom is -0.477 e. The van der Waals surface area contributed by atoms with E-state index in [4.69, 9.17) is 5.11 Å². The Morgan fingerprint density at radius 3 is 2.52 bits per heavy atom. The fraction of sp³-hybridized carbons (Fsp3) is 0. The number of benzene rings is 1. The van der Waals surface area contributed by atoms with Crippen molar-refractivity contribution < 1.29 is 14.7 Å². The van der Waals surface area contributed by atoms with E-state index in [0.29, 0.717) is 0 Å². The highest BCUT2D eigenvalue weighted by Crippen LogP contribution is 2.11. The number of hydrogen-bond acceptors (Lipinski definition) is 3. The molecule has 2 rings (SSSR count). The van der Waals surface area contributed by atoms with Crippen LogP contribution >= 0.6 is 15.9 Å². The molecule has 1 aromatic heterocycles. The number of carboxylic acids is 1. The number of carbonyl (C=O) groups excluding carboxylic acids is 1. The highest BCUT2D eigenvalue weighted by atomic mass is 79.9. The third kappa shape index (κ3) is 4.54. The molecule has 2 aromatic rings. The van der Waals surface area contributed by atoms with Gasteiger partial charge in [0.25, 0.3) is 0 Å². The van der Waals surface area contributed by atoms with Crippen LogP contribution in [0.5, 0.6) is 0 Å². The Labute approximate surface area is 129 Å². The number of nitrogens with zero attached hydrogens (tertiary/aromatic N) is 1. The first-order valence-electron chi connectivity index (χ1n) is 5.99. The molecule has 106 valence electrons. The van der Waals surface area contributed by atoms with Crippen LogP contribution in [0.3, 0.4) is 0 Å². The van der Waals surface area contributed by atoms with Crippen molar-refractivity contribution in [3.63, 3.8) is 0 Å². The van der Waals surface area contributed by atoms with E-state index in [1.807, 2.05) is 24.3 Å². The van der Waals surface area contributed by atoms with Gasteiger partial charge in [-0.25, -0.2) is 9.78 Å². The van der Waals surface area contributed by atoms with Gasteiger partial charge in [-0.3, -0.25) is 4.79 Å². The molecule has 0 atom stereocenters. The molecule has 2 N–H and O–H groups in total. The lowest BCUT2D eigenvalue weighted by Crippen LogP contribution is -2.11. The SMILES string of the molecule is O=C(C=Cc1ccc(Br)cc1)Nc1cccc(C(=O)O)n1. The van der Waals surface area contributed by atoms with E-state index in [2.05, 4.69) is 26.2 Å². The van der Waals surface area contributed by atoms with E-state index in [-0.39, 0.29) is 17.4 Å². The smallest absolute Gasteiger partial charge is 0.354 e. The molecule has 0 bridgehead atoms. The Morgan fingerprint density at radius 1 is 1.14 bits per heavy atom. The van der Waals surface area contributed by atoms with Crippen LogP contribution in [0.4, 0.5) is 5.82 Å². The number of amides is 1. The summed E-state index contributed by atoms with van der Waals surface area (Å²) in [5.74, 6) is -1.33. The van der Waals surface area contributed by atoms with E-state index in [9.17, 15) is 9.59 Å². The number of anilines is 1. The first-order chi connectivity index (χ1) is 10.0. The van der Waals surface area contributed by atoms with Crippen LogP contribution in [0.1, 0.15) is 16.1 Å². The van der Waals surface area contributed by atoms with E-state index < -0.39 is 5.97 Å². The second-order valence-corrected chi connectivity index (χ2v) is 5.00. The lowest BCUT2D eigenvalue weighted by Gasteiger charge is -2.02. The van der Waals surface area contributed by atoms with Crippen LogP contribution in [-0.4, -0.2) is 22.0 Å². The second-order valence-electron chi connectivity index (χ2n) is 4.09. The maximum Gasteiger partial charge on any atom is 0.354 e. The molecule has 1 amide bonds. The normalized spacial score (nSPS) is 10.5. The van der Waals surface area contributed by atoms with Crippen molar-refractivity contribution in [3.8, 4) is 0 Å². The van der Waals surface area contributed by atoms with Gasteiger partial charge in [0, 0.05) is 10.5 Å². The number of rotatable bonds is 4. The largest absolute Gasteiger partial charge is 0.477 e. The number of hydrogen-bond donors (Lipinski definition) is 2. The molecule has 0 radical (unpaired) electrons. The number of halogens is 1. The average Bonchev–Trinajstić information content (AvgIpc) is 2.47. The van der Waals surface area contributed by atoms with Crippen molar-refractivity contribution in [1.82, 2.24) is 4.98 Å². The quantitative estimate of drug-likeness (QED) is 0.833. The Bertz CT molecular complexity index is 696. The molecule has 1 aromatic carbocycles. The molecular weight excluding hydrogens is 336 g/mol. The number of pyridine rings is 1. The van der Waals surface area contributed by atoms with Gasteiger partial charge in [-0.1, -0.05) is 34.1 Å². The summed E-state index contributed by atoms with van der Waals surface area (Å²) >= 11 is 3.33. The van der Waals surface area contributed by atoms with Crippen LogP contribution in [0.25, 0.3) is 6.08 Å². The van der Waals surface area contributed by atoms with Gasteiger partial charge in [0.1, 0.15) is 5.82 Å². The number of carbonyl (C=O) groups is 2. The molecule has 0 aliphatic carbocycles. The fourth-order valence-electron chi connectivity index (χ4n) is 1.54. The summed E-state index contributed by atoms with van der Waals surface area (Å²) in [5.41, 5.74) is 0.755. The molecule has 1 heterocycles. The molecule has 5 nitrogen and oxygen atoms in total. The van der Waals surface area contributed by atoms with Gasteiger partial charge in [-0.2, -0.15) is 0 Å². The molecule has 0 fully saturated rings. The summed E-state index contributed by atoms with van der Waals surface area (Å²) in [4.78, 5) is 26.3. The zero-order valence-corrected chi connectivity index (χ0v) is 12.4. The van der Waals surface area contributed by atoms with Crippen LogP contribution in [0, 0.1) is 0 Å². The fourth-order valence-corrected chi connectivity index (χ4v) is 1.80. The molecule has 0 unspecified atom stereocenters. The minimum absolute atomic E-state index is 0.121.